The van der Waals surface area contributed by atoms with Gasteiger partial charge in [-0.1, -0.05) is 15.9 Å². The van der Waals surface area contributed by atoms with E-state index < -0.39 is 0 Å². The van der Waals surface area contributed by atoms with Gasteiger partial charge in [0, 0.05) is 23.6 Å². The Morgan fingerprint density at radius 3 is 2.76 bits per heavy atom. The van der Waals surface area contributed by atoms with Crippen molar-refractivity contribution in [1.82, 2.24) is 10.2 Å². The van der Waals surface area contributed by atoms with Gasteiger partial charge in [0.2, 0.25) is 0 Å². The molecule has 1 atom stereocenters. The highest BCUT2D eigenvalue weighted by molar-refractivity contribution is 9.10. The van der Waals surface area contributed by atoms with Gasteiger partial charge < -0.3 is 10.1 Å². The molecule has 21 heavy (non-hydrogen) atoms. The lowest BCUT2D eigenvalue weighted by Gasteiger charge is -2.32. The van der Waals surface area contributed by atoms with Gasteiger partial charge in [0.1, 0.15) is 12.4 Å². The molecule has 1 unspecified atom stereocenters. The van der Waals surface area contributed by atoms with Gasteiger partial charge in [-0.2, -0.15) is 0 Å². The molecule has 1 aliphatic heterocycles. The Morgan fingerprint density at radius 2 is 2.00 bits per heavy atom. The van der Waals surface area contributed by atoms with Crippen molar-refractivity contribution < 1.29 is 4.74 Å². The van der Waals surface area contributed by atoms with Gasteiger partial charge >= 0.3 is 0 Å². The summed E-state index contributed by atoms with van der Waals surface area (Å²) >= 11 is 3.44. The normalized spacial score (nSPS) is 23.2. The first-order chi connectivity index (χ1) is 10.3. The largest absolute Gasteiger partial charge is 0.492 e. The van der Waals surface area contributed by atoms with E-state index in [9.17, 15) is 0 Å². The first kappa shape index (κ1) is 15.3. The highest BCUT2D eigenvalue weighted by Gasteiger charge is 2.24. The first-order valence-corrected chi connectivity index (χ1v) is 8.93. The summed E-state index contributed by atoms with van der Waals surface area (Å²) in [6.45, 7) is 5.47. The molecule has 2 aliphatic rings. The zero-order valence-electron chi connectivity index (χ0n) is 12.6. The number of benzene rings is 1. The summed E-state index contributed by atoms with van der Waals surface area (Å²) in [7, 11) is 0. The standard InChI is InChI=1S/C17H25BrN2O/c18-15-3-7-17(8-4-15)21-11-10-20-9-1-2-14(13-20)12-19-16-5-6-16/h3-4,7-8,14,16,19H,1-2,5-6,9-13H2. The van der Waals surface area contributed by atoms with Crippen LogP contribution in [0.5, 0.6) is 5.75 Å². The van der Waals surface area contributed by atoms with Crippen LogP contribution in [0.25, 0.3) is 0 Å². The van der Waals surface area contributed by atoms with Crippen molar-refractivity contribution in [1.29, 1.82) is 0 Å². The molecule has 1 aromatic rings. The maximum Gasteiger partial charge on any atom is 0.119 e. The van der Waals surface area contributed by atoms with Gasteiger partial charge in [-0.15, -0.1) is 0 Å². The van der Waals surface area contributed by atoms with E-state index in [1.165, 1.54) is 45.3 Å². The number of likely N-dealkylation sites (tertiary alicyclic amines) is 1. The summed E-state index contributed by atoms with van der Waals surface area (Å²) in [6.07, 6.45) is 5.48. The fourth-order valence-corrected chi connectivity index (χ4v) is 3.23. The summed E-state index contributed by atoms with van der Waals surface area (Å²) in [5, 5.41) is 3.67. The average Bonchev–Trinajstić information content (AvgIpc) is 3.32. The highest BCUT2D eigenvalue weighted by Crippen LogP contribution is 2.21. The van der Waals surface area contributed by atoms with Crippen molar-refractivity contribution >= 4 is 15.9 Å². The fourth-order valence-electron chi connectivity index (χ4n) is 2.97. The van der Waals surface area contributed by atoms with Crippen molar-refractivity contribution in [2.75, 3.05) is 32.8 Å². The Bertz CT molecular complexity index is 433. The molecule has 1 aromatic carbocycles. The molecule has 0 aromatic heterocycles. The second-order valence-corrected chi connectivity index (χ2v) is 7.21. The van der Waals surface area contributed by atoms with Gasteiger partial charge in [0.15, 0.2) is 0 Å². The van der Waals surface area contributed by atoms with E-state index in [0.717, 1.165) is 35.3 Å². The van der Waals surface area contributed by atoms with E-state index in [2.05, 4.69) is 26.1 Å². The van der Waals surface area contributed by atoms with E-state index >= 15 is 0 Å². The SMILES string of the molecule is Brc1ccc(OCCN2CCCC(CNC3CC3)C2)cc1. The number of hydrogen-bond acceptors (Lipinski definition) is 3. The molecule has 0 spiro atoms. The van der Waals surface area contributed by atoms with E-state index in [0.29, 0.717) is 0 Å². The molecule has 4 heteroatoms. The van der Waals surface area contributed by atoms with Gasteiger partial charge in [-0.25, -0.2) is 0 Å². The van der Waals surface area contributed by atoms with Crippen LogP contribution in [0.3, 0.4) is 0 Å². The maximum atomic E-state index is 5.83. The average molecular weight is 353 g/mol. The van der Waals surface area contributed by atoms with Crippen molar-refractivity contribution in [3.8, 4) is 5.75 Å². The molecule has 116 valence electrons. The Kier molecular flexibility index (Phi) is 5.55. The minimum absolute atomic E-state index is 0.782. The number of rotatable bonds is 7. The number of piperidine rings is 1. The van der Waals surface area contributed by atoms with Crippen LogP contribution < -0.4 is 10.1 Å². The minimum atomic E-state index is 0.782. The minimum Gasteiger partial charge on any atom is -0.492 e. The molecule has 2 fully saturated rings. The van der Waals surface area contributed by atoms with Crippen LogP contribution >= 0.6 is 15.9 Å². The van der Waals surface area contributed by atoms with Crippen LogP contribution in [0.15, 0.2) is 28.7 Å². The molecule has 1 saturated heterocycles. The summed E-state index contributed by atoms with van der Waals surface area (Å²) in [5.74, 6) is 1.79. The fraction of sp³-hybridized carbons (Fsp3) is 0.647. The Hall–Kier alpha value is -0.580. The molecule has 0 radical (unpaired) electrons. The van der Waals surface area contributed by atoms with Crippen LogP contribution in [0, 0.1) is 5.92 Å². The molecule has 1 aliphatic carbocycles. The summed E-state index contributed by atoms with van der Waals surface area (Å²) < 4.78 is 6.92. The van der Waals surface area contributed by atoms with Crippen LogP contribution in [0.1, 0.15) is 25.7 Å². The van der Waals surface area contributed by atoms with Gasteiger partial charge in [-0.3, -0.25) is 4.90 Å². The molecule has 3 nitrogen and oxygen atoms in total. The lowest BCUT2D eigenvalue weighted by atomic mass is 9.98. The van der Waals surface area contributed by atoms with E-state index in [-0.39, 0.29) is 0 Å². The second kappa shape index (κ2) is 7.61. The molecular formula is C17H25BrN2O. The number of nitrogens with one attached hydrogen (secondary N) is 1. The van der Waals surface area contributed by atoms with Crippen molar-refractivity contribution in [3.63, 3.8) is 0 Å². The van der Waals surface area contributed by atoms with Crippen molar-refractivity contribution in [2.24, 2.45) is 5.92 Å². The van der Waals surface area contributed by atoms with Crippen LogP contribution in [-0.2, 0) is 0 Å². The van der Waals surface area contributed by atoms with Crippen molar-refractivity contribution in [3.05, 3.63) is 28.7 Å². The Labute approximate surface area is 136 Å². The Balaban J connectivity index is 1.35. The van der Waals surface area contributed by atoms with E-state index in [1.54, 1.807) is 0 Å². The molecule has 0 bridgehead atoms. The summed E-state index contributed by atoms with van der Waals surface area (Å²) in [4.78, 5) is 2.56. The highest BCUT2D eigenvalue weighted by atomic mass is 79.9. The van der Waals surface area contributed by atoms with E-state index in [1.807, 2.05) is 24.3 Å². The summed E-state index contributed by atoms with van der Waals surface area (Å²) in [5.41, 5.74) is 0. The quantitative estimate of drug-likeness (QED) is 0.814. The Morgan fingerprint density at radius 1 is 1.19 bits per heavy atom. The van der Waals surface area contributed by atoms with Crippen LogP contribution in [0.4, 0.5) is 0 Å². The monoisotopic (exact) mass is 352 g/mol. The lowest BCUT2D eigenvalue weighted by molar-refractivity contribution is 0.145. The van der Waals surface area contributed by atoms with Gasteiger partial charge in [0.25, 0.3) is 0 Å². The number of nitrogens with zero attached hydrogens (tertiary/aromatic N) is 1. The number of hydrogen-bond donors (Lipinski definition) is 1. The topological polar surface area (TPSA) is 24.5 Å². The summed E-state index contributed by atoms with van der Waals surface area (Å²) in [6, 6.07) is 8.91. The molecule has 0 amide bonds. The molecule has 1 N–H and O–H groups in total. The third-order valence-electron chi connectivity index (χ3n) is 4.37. The number of ether oxygens (including phenoxy) is 1. The number of halogens is 1. The van der Waals surface area contributed by atoms with Crippen LogP contribution in [0.2, 0.25) is 0 Å². The zero-order chi connectivity index (χ0) is 14.5. The molecule has 1 heterocycles. The zero-order valence-corrected chi connectivity index (χ0v) is 14.1. The van der Waals surface area contributed by atoms with E-state index in [4.69, 9.17) is 4.74 Å². The van der Waals surface area contributed by atoms with Gasteiger partial charge in [-0.05, 0) is 69.0 Å². The smallest absolute Gasteiger partial charge is 0.119 e. The van der Waals surface area contributed by atoms with Crippen molar-refractivity contribution in [2.45, 2.75) is 31.7 Å². The second-order valence-electron chi connectivity index (χ2n) is 6.29. The van der Waals surface area contributed by atoms with Gasteiger partial charge in [0.05, 0.1) is 0 Å². The molecule has 1 saturated carbocycles. The molecular weight excluding hydrogens is 328 g/mol. The predicted octanol–water partition coefficient (Wildman–Crippen LogP) is 3.29. The van der Waals surface area contributed by atoms with Crippen LogP contribution in [-0.4, -0.2) is 43.7 Å². The third-order valence-corrected chi connectivity index (χ3v) is 4.89. The molecule has 3 rings (SSSR count). The third kappa shape index (κ3) is 5.28. The lowest BCUT2D eigenvalue weighted by Crippen LogP contribution is -2.41. The maximum absolute atomic E-state index is 5.83. The first-order valence-electron chi connectivity index (χ1n) is 8.14. The predicted molar refractivity (Wildman–Crippen MR) is 89.8 cm³/mol.